The fraction of sp³-hybridized carbons (Fsp3) is 0.368. The molecule has 0 saturated carbocycles. The molecule has 2 atom stereocenters. The number of methoxy groups -OCH3 is 1. The van der Waals surface area contributed by atoms with Gasteiger partial charge < -0.3 is 9.47 Å². The summed E-state index contributed by atoms with van der Waals surface area (Å²) >= 11 is 0. The van der Waals surface area contributed by atoms with Gasteiger partial charge in [0.1, 0.15) is 5.75 Å². The van der Waals surface area contributed by atoms with Gasteiger partial charge in [-0.05, 0) is 43.2 Å². The number of rotatable bonds is 4. The average Bonchev–Trinajstić information content (AvgIpc) is 2.62. The van der Waals surface area contributed by atoms with Crippen LogP contribution in [0.25, 0.3) is 0 Å². The van der Waals surface area contributed by atoms with Crippen LogP contribution in [0.5, 0.6) is 5.75 Å². The molecule has 0 radical (unpaired) electrons. The van der Waals surface area contributed by atoms with Crippen LogP contribution >= 0.6 is 0 Å². The second-order valence-electron chi connectivity index (χ2n) is 6.28. The van der Waals surface area contributed by atoms with E-state index in [1.165, 1.54) is 0 Å². The molecule has 0 N–H and O–H groups in total. The highest BCUT2D eigenvalue weighted by Gasteiger charge is 2.36. The van der Waals surface area contributed by atoms with Gasteiger partial charge in [0.15, 0.2) is 0 Å². The summed E-state index contributed by atoms with van der Waals surface area (Å²) in [6, 6.07) is 14.4. The number of ether oxygens (including phenoxy) is 2. The Kier molecular flexibility index (Phi) is 5.13. The van der Waals surface area contributed by atoms with Crippen LogP contribution in [0.1, 0.15) is 24.2 Å². The van der Waals surface area contributed by atoms with E-state index in [-0.39, 0.29) is 12.1 Å². The summed E-state index contributed by atoms with van der Waals surface area (Å²) in [5, 5.41) is 0. The van der Waals surface area contributed by atoms with E-state index in [1.54, 1.807) is 23.5 Å². The highest BCUT2D eigenvalue weighted by atomic mass is 32.2. The zero-order valence-corrected chi connectivity index (χ0v) is 15.5. The van der Waals surface area contributed by atoms with Crippen molar-refractivity contribution in [2.45, 2.75) is 30.9 Å². The molecule has 5 nitrogen and oxygen atoms in total. The van der Waals surface area contributed by atoms with E-state index in [4.69, 9.17) is 9.47 Å². The van der Waals surface area contributed by atoms with Gasteiger partial charge in [0.2, 0.25) is 10.0 Å². The van der Waals surface area contributed by atoms with Crippen LogP contribution in [0, 0.1) is 6.92 Å². The minimum atomic E-state index is -3.57. The highest BCUT2D eigenvalue weighted by Crippen LogP contribution is 2.31. The number of benzene rings is 2. The molecule has 134 valence electrons. The van der Waals surface area contributed by atoms with E-state index in [2.05, 4.69) is 0 Å². The number of aryl methyl sites for hydroxylation is 1. The topological polar surface area (TPSA) is 55.8 Å². The molecular formula is C19H23NO4S. The minimum absolute atomic E-state index is 0.209. The highest BCUT2D eigenvalue weighted by molar-refractivity contribution is 7.89. The lowest BCUT2D eigenvalue weighted by molar-refractivity contribution is -0.0288. The molecule has 1 heterocycles. The van der Waals surface area contributed by atoms with Crippen LogP contribution in [0.3, 0.4) is 0 Å². The first-order valence-electron chi connectivity index (χ1n) is 8.26. The van der Waals surface area contributed by atoms with E-state index in [1.807, 2.05) is 50.2 Å². The Morgan fingerprint density at radius 2 is 1.80 bits per heavy atom. The lowest BCUT2D eigenvalue weighted by Crippen LogP contribution is -2.48. The maximum Gasteiger partial charge on any atom is 0.243 e. The fourth-order valence-corrected chi connectivity index (χ4v) is 4.91. The maximum atomic E-state index is 13.1. The molecule has 1 aliphatic rings. The van der Waals surface area contributed by atoms with Gasteiger partial charge >= 0.3 is 0 Å². The Morgan fingerprint density at radius 1 is 1.12 bits per heavy atom. The first-order valence-corrected chi connectivity index (χ1v) is 9.70. The summed E-state index contributed by atoms with van der Waals surface area (Å²) in [5.74, 6) is 0.761. The van der Waals surface area contributed by atoms with Crippen LogP contribution in [0.4, 0.5) is 0 Å². The monoisotopic (exact) mass is 361 g/mol. The van der Waals surface area contributed by atoms with Gasteiger partial charge in [-0.3, -0.25) is 0 Å². The number of morpholine rings is 1. The SMILES string of the molecule is COc1ccc(C2CN(S(=O)(=O)c3ccccc3C)C(C)CO2)cc1. The lowest BCUT2D eigenvalue weighted by Gasteiger charge is -2.37. The third-order valence-corrected chi connectivity index (χ3v) is 6.68. The molecule has 25 heavy (non-hydrogen) atoms. The van der Waals surface area contributed by atoms with Crippen LogP contribution in [0.15, 0.2) is 53.4 Å². The average molecular weight is 361 g/mol. The van der Waals surface area contributed by atoms with Gasteiger partial charge in [0.05, 0.1) is 24.7 Å². The normalized spacial score (nSPS) is 21.9. The van der Waals surface area contributed by atoms with Crippen LogP contribution in [-0.2, 0) is 14.8 Å². The molecule has 2 aromatic rings. The van der Waals surface area contributed by atoms with Crippen molar-refractivity contribution in [3.8, 4) is 5.75 Å². The third kappa shape index (κ3) is 3.56. The minimum Gasteiger partial charge on any atom is -0.497 e. The van der Waals surface area contributed by atoms with E-state index in [0.29, 0.717) is 18.0 Å². The maximum absolute atomic E-state index is 13.1. The van der Waals surface area contributed by atoms with Gasteiger partial charge in [0.25, 0.3) is 0 Å². The van der Waals surface area contributed by atoms with Crippen molar-refractivity contribution in [1.82, 2.24) is 4.31 Å². The lowest BCUT2D eigenvalue weighted by atomic mass is 10.1. The van der Waals surface area contributed by atoms with Gasteiger partial charge in [-0.1, -0.05) is 30.3 Å². The quantitative estimate of drug-likeness (QED) is 0.839. The summed E-state index contributed by atoms with van der Waals surface area (Å²) in [6.45, 7) is 4.35. The van der Waals surface area contributed by atoms with Gasteiger partial charge in [0, 0.05) is 12.6 Å². The molecule has 1 fully saturated rings. The summed E-state index contributed by atoms with van der Waals surface area (Å²) in [4.78, 5) is 0.359. The predicted octanol–water partition coefficient (Wildman–Crippen LogP) is 3.15. The molecular weight excluding hydrogens is 338 g/mol. The molecule has 2 aromatic carbocycles. The molecule has 2 unspecified atom stereocenters. The van der Waals surface area contributed by atoms with Crippen molar-refractivity contribution in [3.63, 3.8) is 0 Å². The molecule has 1 aliphatic heterocycles. The Bertz CT molecular complexity index is 833. The number of nitrogens with zero attached hydrogens (tertiary/aromatic N) is 1. The van der Waals surface area contributed by atoms with Gasteiger partial charge in [-0.25, -0.2) is 8.42 Å². The Labute approximate surface area is 149 Å². The smallest absolute Gasteiger partial charge is 0.243 e. The number of sulfonamides is 1. The van der Waals surface area contributed by atoms with Crippen molar-refractivity contribution >= 4 is 10.0 Å². The molecule has 0 aromatic heterocycles. The van der Waals surface area contributed by atoms with Crippen LogP contribution < -0.4 is 4.74 Å². The van der Waals surface area contributed by atoms with Gasteiger partial charge in [-0.15, -0.1) is 0 Å². The Balaban J connectivity index is 1.89. The number of hydrogen-bond acceptors (Lipinski definition) is 4. The molecule has 3 rings (SSSR count). The predicted molar refractivity (Wildman–Crippen MR) is 96.2 cm³/mol. The van der Waals surface area contributed by atoms with Crippen LogP contribution in [-0.4, -0.2) is 39.0 Å². The summed E-state index contributed by atoms with van der Waals surface area (Å²) in [5.41, 5.74) is 1.69. The number of hydrogen-bond donors (Lipinski definition) is 0. The van der Waals surface area contributed by atoms with E-state index < -0.39 is 10.0 Å². The Hall–Kier alpha value is -1.89. The largest absolute Gasteiger partial charge is 0.497 e. The van der Waals surface area contributed by atoms with Crippen LogP contribution in [0.2, 0.25) is 0 Å². The second kappa shape index (κ2) is 7.15. The standard InChI is InChI=1S/C19H23NO4S/c1-14-6-4-5-7-19(14)25(21,22)20-12-18(24-13-15(20)2)16-8-10-17(23-3)11-9-16/h4-11,15,18H,12-13H2,1-3H3. The third-order valence-electron chi connectivity index (χ3n) is 4.54. The molecule has 0 amide bonds. The molecule has 0 bridgehead atoms. The zero-order valence-electron chi connectivity index (χ0n) is 14.7. The molecule has 1 saturated heterocycles. The zero-order chi connectivity index (χ0) is 18.0. The van der Waals surface area contributed by atoms with E-state index in [0.717, 1.165) is 16.9 Å². The second-order valence-corrected chi connectivity index (χ2v) is 8.14. The molecule has 0 aliphatic carbocycles. The fourth-order valence-electron chi connectivity index (χ4n) is 3.06. The summed E-state index contributed by atoms with van der Waals surface area (Å²) < 4.78 is 38.9. The van der Waals surface area contributed by atoms with Gasteiger partial charge in [-0.2, -0.15) is 4.31 Å². The van der Waals surface area contributed by atoms with E-state index >= 15 is 0 Å². The van der Waals surface area contributed by atoms with Crippen molar-refractivity contribution in [1.29, 1.82) is 0 Å². The van der Waals surface area contributed by atoms with Crippen molar-refractivity contribution in [2.75, 3.05) is 20.3 Å². The van der Waals surface area contributed by atoms with E-state index in [9.17, 15) is 8.42 Å². The summed E-state index contributed by atoms with van der Waals surface area (Å²) in [7, 11) is -1.95. The molecule has 0 spiro atoms. The first-order chi connectivity index (χ1) is 11.9. The summed E-state index contributed by atoms with van der Waals surface area (Å²) in [6.07, 6.45) is -0.291. The molecule has 6 heteroatoms. The van der Waals surface area contributed by atoms with Crippen molar-refractivity contribution in [2.24, 2.45) is 0 Å². The van der Waals surface area contributed by atoms with Crippen molar-refractivity contribution in [3.05, 3.63) is 59.7 Å². The van der Waals surface area contributed by atoms with Crippen molar-refractivity contribution < 1.29 is 17.9 Å². The Morgan fingerprint density at radius 3 is 2.44 bits per heavy atom. The first kappa shape index (κ1) is 17.9.